The second-order valence-corrected chi connectivity index (χ2v) is 10.9. The zero-order valence-electron chi connectivity index (χ0n) is 19.7. The van der Waals surface area contributed by atoms with E-state index in [0.717, 1.165) is 10.7 Å². The third kappa shape index (κ3) is 3.57. The number of hydrogen-bond donors (Lipinski definition) is 0. The molecule has 3 aliphatic carbocycles. The van der Waals surface area contributed by atoms with Crippen LogP contribution in [0.2, 0.25) is 0 Å². The molecule has 2 nitrogen and oxygen atoms in total. The quantitative estimate of drug-likeness (QED) is 0.581. The number of rotatable bonds is 0. The van der Waals surface area contributed by atoms with Crippen molar-refractivity contribution < 1.29 is 0 Å². The smallest absolute Gasteiger partial charge is 0.0927 e. The molecule has 1 aromatic heterocycles. The van der Waals surface area contributed by atoms with Gasteiger partial charge in [0.2, 0.25) is 0 Å². The minimum Gasteiger partial charge on any atom is -0.253 e. The van der Waals surface area contributed by atoms with Crippen molar-refractivity contribution in [1.82, 2.24) is 9.97 Å². The lowest BCUT2D eigenvalue weighted by molar-refractivity contribution is 0.513. The first-order valence-electron chi connectivity index (χ1n) is 11.1. The lowest BCUT2D eigenvalue weighted by Crippen LogP contribution is -2.38. The molecule has 2 atom stereocenters. The average molecular weight is 399 g/mol. The number of allylic oxidation sites excluding steroid dienone is 10. The van der Waals surface area contributed by atoms with Crippen molar-refractivity contribution in [3.63, 3.8) is 0 Å². The van der Waals surface area contributed by atoms with Crippen LogP contribution in [0.25, 0.3) is 11.1 Å². The van der Waals surface area contributed by atoms with Crippen LogP contribution in [0.3, 0.4) is 0 Å². The molecule has 0 saturated heterocycles. The largest absolute Gasteiger partial charge is 0.253 e. The van der Waals surface area contributed by atoms with E-state index in [-0.39, 0.29) is 22.7 Å². The molecule has 1 aromatic rings. The first-order valence-corrected chi connectivity index (χ1v) is 11.1. The Kier molecular flexibility index (Phi) is 4.88. The van der Waals surface area contributed by atoms with Crippen molar-refractivity contribution in [2.24, 2.45) is 22.7 Å². The van der Waals surface area contributed by atoms with E-state index in [0.29, 0.717) is 0 Å². The second kappa shape index (κ2) is 7.04. The lowest BCUT2D eigenvalue weighted by atomic mass is 9.74. The van der Waals surface area contributed by atoms with E-state index < -0.39 is 0 Å². The SMILES string of the molecule is C[C@@H]1C2=CC(C(C)(C)C)=CC1=c1nccnc1=C1C=C(C(C)(C)C)C=C(C=C2)[C@H]1C. The highest BCUT2D eigenvalue weighted by molar-refractivity contribution is 5.73. The van der Waals surface area contributed by atoms with Crippen LogP contribution < -0.4 is 10.7 Å². The van der Waals surface area contributed by atoms with Crippen LogP contribution in [0.4, 0.5) is 0 Å². The maximum atomic E-state index is 4.88. The van der Waals surface area contributed by atoms with Gasteiger partial charge in [-0.3, -0.25) is 9.97 Å². The zero-order valence-corrected chi connectivity index (χ0v) is 19.7. The summed E-state index contributed by atoms with van der Waals surface area (Å²) in [5.41, 5.74) is 8.07. The van der Waals surface area contributed by atoms with Gasteiger partial charge in [0.05, 0.1) is 10.7 Å². The lowest BCUT2D eigenvalue weighted by Gasteiger charge is -2.31. The number of fused-ring (bicyclic) bond motifs is 5. The molecular formula is C28H34N2. The normalized spacial score (nSPS) is 23.9. The standard InChI is InChI=1S/C28H34N2/c1-17-19-9-10-20-14-22(28(6,7)8)16-24(18(20)2)26-25(29-11-12-30-26)23(17)15-21(13-19)27(3,4)5/h9-18H,1-8H3/t17-,18-/m1/s1. The van der Waals surface area contributed by atoms with Crippen molar-refractivity contribution in [3.8, 4) is 0 Å². The predicted molar refractivity (Wildman–Crippen MR) is 127 cm³/mol. The highest BCUT2D eigenvalue weighted by Crippen LogP contribution is 2.40. The van der Waals surface area contributed by atoms with Crippen molar-refractivity contribution in [2.45, 2.75) is 55.4 Å². The Morgan fingerprint density at radius 3 is 1.30 bits per heavy atom. The summed E-state index contributed by atoms with van der Waals surface area (Å²) in [7, 11) is 0. The van der Waals surface area contributed by atoms with Crippen molar-refractivity contribution in [1.29, 1.82) is 0 Å². The summed E-state index contributed by atoms with van der Waals surface area (Å²) in [5, 5.41) is 2.06. The van der Waals surface area contributed by atoms with Gasteiger partial charge >= 0.3 is 0 Å². The Labute approximate surface area is 181 Å². The summed E-state index contributed by atoms with van der Waals surface area (Å²) in [6, 6.07) is 0. The fourth-order valence-corrected chi connectivity index (χ4v) is 4.39. The van der Waals surface area contributed by atoms with Gasteiger partial charge in [0.1, 0.15) is 0 Å². The molecule has 156 valence electrons. The summed E-state index contributed by atoms with van der Waals surface area (Å²) in [5.74, 6) is 0.563. The topological polar surface area (TPSA) is 25.8 Å². The molecule has 0 fully saturated rings. The average Bonchev–Trinajstić information content (AvgIpc) is 2.66. The summed E-state index contributed by atoms with van der Waals surface area (Å²) in [4.78, 5) is 9.77. The monoisotopic (exact) mass is 398 g/mol. The van der Waals surface area contributed by atoms with Crippen LogP contribution in [0.1, 0.15) is 55.4 Å². The summed E-state index contributed by atoms with van der Waals surface area (Å²) in [6.07, 6.45) is 17.8. The zero-order chi connectivity index (χ0) is 21.8. The van der Waals surface area contributed by atoms with Crippen LogP contribution in [-0.4, -0.2) is 9.97 Å². The van der Waals surface area contributed by atoms with Gasteiger partial charge in [-0.2, -0.15) is 0 Å². The molecule has 2 heteroatoms. The van der Waals surface area contributed by atoms with Crippen molar-refractivity contribution in [2.75, 3.05) is 0 Å². The fourth-order valence-electron chi connectivity index (χ4n) is 4.39. The van der Waals surface area contributed by atoms with Gasteiger partial charge in [-0.15, -0.1) is 0 Å². The molecule has 0 saturated carbocycles. The van der Waals surface area contributed by atoms with E-state index in [4.69, 9.17) is 9.97 Å². The number of nitrogens with zero attached hydrogens (tertiary/aromatic N) is 2. The molecule has 1 heterocycles. The Morgan fingerprint density at radius 1 is 0.600 bits per heavy atom. The van der Waals surface area contributed by atoms with E-state index >= 15 is 0 Å². The molecule has 0 N–H and O–H groups in total. The van der Waals surface area contributed by atoms with E-state index in [9.17, 15) is 0 Å². The highest BCUT2D eigenvalue weighted by Gasteiger charge is 2.28. The molecule has 0 radical (unpaired) electrons. The predicted octanol–water partition coefficient (Wildman–Crippen LogP) is 5.45. The van der Waals surface area contributed by atoms with Crippen molar-refractivity contribution >= 4 is 11.1 Å². The Bertz CT molecular complexity index is 1080. The van der Waals surface area contributed by atoms with Crippen LogP contribution in [0.5, 0.6) is 0 Å². The minimum atomic E-state index is 0.0752. The molecule has 0 aromatic carbocycles. The first-order chi connectivity index (χ1) is 14.0. The summed E-state index contributed by atoms with van der Waals surface area (Å²) >= 11 is 0. The molecule has 0 spiro atoms. The fraction of sp³-hybridized carbons (Fsp3) is 0.429. The third-order valence-corrected chi connectivity index (χ3v) is 6.64. The van der Waals surface area contributed by atoms with Crippen LogP contribution >= 0.6 is 0 Å². The van der Waals surface area contributed by atoms with E-state index in [1.165, 1.54) is 33.4 Å². The van der Waals surface area contributed by atoms with Crippen LogP contribution in [-0.2, 0) is 0 Å². The van der Waals surface area contributed by atoms with Crippen LogP contribution in [0, 0.1) is 22.7 Å². The Balaban J connectivity index is 2.20. The third-order valence-electron chi connectivity index (χ3n) is 6.64. The van der Waals surface area contributed by atoms with E-state index in [1.807, 2.05) is 12.4 Å². The van der Waals surface area contributed by atoms with Gasteiger partial charge in [-0.1, -0.05) is 91.8 Å². The van der Waals surface area contributed by atoms with Crippen LogP contribution in [0.15, 0.2) is 71.1 Å². The maximum absolute atomic E-state index is 4.88. The molecular weight excluding hydrogens is 364 g/mol. The second-order valence-electron chi connectivity index (χ2n) is 10.9. The molecule has 0 unspecified atom stereocenters. The van der Waals surface area contributed by atoms with Gasteiger partial charge in [0, 0.05) is 24.2 Å². The molecule has 0 amide bonds. The number of hydrogen-bond acceptors (Lipinski definition) is 2. The Morgan fingerprint density at radius 2 is 0.967 bits per heavy atom. The van der Waals surface area contributed by atoms with E-state index in [2.05, 4.69) is 91.8 Å². The minimum absolute atomic E-state index is 0.0752. The Hall–Kier alpha value is -2.48. The number of aromatic nitrogens is 2. The highest BCUT2D eigenvalue weighted by atomic mass is 14.8. The van der Waals surface area contributed by atoms with Gasteiger partial charge in [0.15, 0.2) is 0 Å². The summed E-state index contributed by atoms with van der Waals surface area (Å²) in [6.45, 7) is 18.2. The van der Waals surface area contributed by atoms with Gasteiger partial charge in [-0.25, -0.2) is 0 Å². The van der Waals surface area contributed by atoms with Gasteiger partial charge in [0.25, 0.3) is 0 Å². The molecule has 30 heavy (non-hydrogen) atoms. The molecule has 3 aliphatic rings. The molecule has 4 bridgehead atoms. The van der Waals surface area contributed by atoms with Gasteiger partial charge < -0.3 is 0 Å². The molecule has 4 rings (SSSR count). The summed E-state index contributed by atoms with van der Waals surface area (Å²) < 4.78 is 0. The van der Waals surface area contributed by atoms with Gasteiger partial charge in [-0.05, 0) is 44.3 Å². The molecule has 0 aliphatic heterocycles. The van der Waals surface area contributed by atoms with Crippen molar-refractivity contribution in [3.05, 3.63) is 81.8 Å². The van der Waals surface area contributed by atoms with E-state index in [1.54, 1.807) is 0 Å². The first kappa shape index (κ1) is 20.8. The maximum Gasteiger partial charge on any atom is 0.0927 e.